The van der Waals surface area contributed by atoms with E-state index in [9.17, 15) is 0 Å². The molecule has 1 aliphatic heterocycles. The minimum atomic E-state index is 0.424. The molecule has 1 fully saturated rings. The standard InChI is InChI=1S/C10H10N2S/c11-7-8-1-3-9(4-2-8)10-12-5-6-13-10/h1-4,10,12H,5-6H2. The van der Waals surface area contributed by atoms with Gasteiger partial charge in [-0.2, -0.15) is 5.26 Å². The van der Waals surface area contributed by atoms with E-state index in [1.807, 2.05) is 36.0 Å². The molecule has 1 saturated heterocycles. The van der Waals surface area contributed by atoms with Crippen molar-refractivity contribution in [1.29, 1.82) is 5.26 Å². The lowest BCUT2D eigenvalue weighted by Crippen LogP contribution is -2.11. The zero-order chi connectivity index (χ0) is 9.10. The molecule has 13 heavy (non-hydrogen) atoms. The fourth-order valence-corrected chi connectivity index (χ4v) is 2.43. The molecule has 0 saturated carbocycles. The zero-order valence-corrected chi connectivity index (χ0v) is 7.97. The van der Waals surface area contributed by atoms with Crippen molar-refractivity contribution in [3.05, 3.63) is 35.4 Å². The smallest absolute Gasteiger partial charge is 0.0991 e. The van der Waals surface area contributed by atoms with Gasteiger partial charge in [0.25, 0.3) is 0 Å². The molecule has 0 radical (unpaired) electrons. The molecule has 1 unspecified atom stereocenters. The first-order valence-corrected chi connectivity index (χ1v) is 5.30. The summed E-state index contributed by atoms with van der Waals surface area (Å²) < 4.78 is 0. The van der Waals surface area contributed by atoms with Gasteiger partial charge in [0, 0.05) is 12.3 Å². The third-order valence-corrected chi connectivity index (χ3v) is 3.27. The van der Waals surface area contributed by atoms with E-state index in [2.05, 4.69) is 11.4 Å². The summed E-state index contributed by atoms with van der Waals surface area (Å²) in [5.74, 6) is 1.17. The van der Waals surface area contributed by atoms with Crippen molar-refractivity contribution in [2.24, 2.45) is 0 Å². The molecule has 0 amide bonds. The molecule has 3 heteroatoms. The third-order valence-electron chi connectivity index (χ3n) is 2.06. The van der Waals surface area contributed by atoms with Gasteiger partial charge in [0.15, 0.2) is 0 Å². The van der Waals surface area contributed by atoms with Crippen molar-refractivity contribution < 1.29 is 0 Å². The number of nitriles is 1. The largest absolute Gasteiger partial charge is 0.301 e. The van der Waals surface area contributed by atoms with Crippen LogP contribution in [-0.4, -0.2) is 12.3 Å². The van der Waals surface area contributed by atoms with Crippen LogP contribution in [0.2, 0.25) is 0 Å². The highest BCUT2D eigenvalue weighted by atomic mass is 32.2. The van der Waals surface area contributed by atoms with E-state index in [-0.39, 0.29) is 0 Å². The molecular formula is C10H10N2S. The molecule has 0 aliphatic carbocycles. The van der Waals surface area contributed by atoms with Gasteiger partial charge in [-0.25, -0.2) is 0 Å². The van der Waals surface area contributed by atoms with Crippen LogP contribution in [-0.2, 0) is 0 Å². The van der Waals surface area contributed by atoms with Gasteiger partial charge in [-0.1, -0.05) is 12.1 Å². The van der Waals surface area contributed by atoms with Gasteiger partial charge >= 0.3 is 0 Å². The Morgan fingerprint density at radius 2 is 2.15 bits per heavy atom. The summed E-state index contributed by atoms with van der Waals surface area (Å²) in [6.45, 7) is 1.08. The van der Waals surface area contributed by atoms with Gasteiger partial charge < -0.3 is 5.32 Å². The number of hydrogen-bond donors (Lipinski definition) is 1. The fraction of sp³-hybridized carbons (Fsp3) is 0.300. The Morgan fingerprint density at radius 1 is 1.38 bits per heavy atom. The predicted molar refractivity (Wildman–Crippen MR) is 54.4 cm³/mol. The Balaban J connectivity index is 2.18. The molecule has 2 rings (SSSR count). The lowest BCUT2D eigenvalue weighted by molar-refractivity contribution is 0.751. The summed E-state index contributed by atoms with van der Waals surface area (Å²) in [4.78, 5) is 0. The quantitative estimate of drug-likeness (QED) is 0.734. The maximum Gasteiger partial charge on any atom is 0.0991 e. The Kier molecular flexibility index (Phi) is 2.53. The summed E-state index contributed by atoms with van der Waals surface area (Å²) in [5.41, 5.74) is 1.99. The van der Waals surface area contributed by atoms with Crippen LogP contribution in [0.15, 0.2) is 24.3 Å². The van der Waals surface area contributed by atoms with Crippen LogP contribution in [0.1, 0.15) is 16.5 Å². The lowest BCUT2D eigenvalue weighted by atomic mass is 10.1. The van der Waals surface area contributed by atoms with Gasteiger partial charge in [0.2, 0.25) is 0 Å². The number of nitrogens with zero attached hydrogens (tertiary/aromatic N) is 1. The number of benzene rings is 1. The molecule has 1 aromatic carbocycles. The van der Waals surface area contributed by atoms with E-state index in [1.54, 1.807) is 0 Å². The van der Waals surface area contributed by atoms with Crippen molar-refractivity contribution in [2.75, 3.05) is 12.3 Å². The Morgan fingerprint density at radius 3 is 2.69 bits per heavy atom. The second kappa shape index (κ2) is 3.82. The Hall–Kier alpha value is -0.980. The number of rotatable bonds is 1. The molecule has 1 aromatic rings. The van der Waals surface area contributed by atoms with Crippen molar-refractivity contribution in [3.63, 3.8) is 0 Å². The van der Waals surface area contributed by atoms with Gasteiger partial charge in [-0.05, 0) is 17.7 Å². The van der Waals surface area contributed by atoms with Gasteiger partial charge in [0.05, 0.1) is 17.0 Å². The second-order valence-corrected chi connectivity index (χ2v) is 4.15. The van der Waals surface area contributed by atoms with Crippen LogP contribution in [0.5, 0.6) is 0 Å². The van der Waals surface area contributed by atoms with Crippen molar-refractivity contribution in [2.45, 2.75) is 5.37 Å². The Labute approximate surface area is 82.0 Å². The first-order valence-electron chi connectivity index (χ1n) is 4.25. The highest BCUT2D eigenvalue weighted by Gasteiger charge is 2.15. The molecule has 0 spiro atoms. The van der Waals surface area contributed by atoms with Crippen LogP contribution in [0.4, 0.5) is 0 Å². The maximum absolute atomic E-state index is 8.62. The van der Waals surface area contributed by atoms with Crippen LogP contribution in [0.25, 0.3) is 0 Å². The van der Waals surface area contributed by atoms with Gasteiger partial charge in [-0.15, -0.1) is 11.8 Å². The average molecular weight is 190 g/mol. The Bertz CT molecular complexity index is 320. The minimum Gasteiger partial charge on any atom is -0.301 e. The molecule has 1 atom stereocenters. The minimum absolute atomic E-state index is 0.424. The molecule has 0 bridgehead atoms. The van der Waals surface area contributed by atoms with Crippen LogP contribution >= 0.6 is 11.8 Å². The third kappa shape index (κ3) is 1.85. The van der Waals surface area contributed by atoms with Crippen LogP contribution in [0, 0.1) is 11.3 Å². The van der Waals surface area contributed by atoms with Crippen molar-refractivity contribution in [3.8, 4) is 6.07 Å². The van der Waals surface area contributed by atoms with E-state index < -0.39 is 0 Å². The summed E-state index contributed by atoms with van der Waals surface area (Å²) in [6, 6.07) is 9.90. The van der Waals surface area contributed by atoms with E-state index >= 15 is 0 Å². The molecule has 0 aromatic heterocycles. The van der Waals surface area contributed by atoms with Crippen LogP contribution < -0.4 is 5.32 Å². The molecular weight excluding hydrogens is 180 g/mol. The van der Waals surface area contributed by atoms with Crippen molar-refractivity contribution in [1.82, 2.24) is 5.32 Å². The van der Waals surface area contributed by atoms with E-state index in [0.717, 1.165) is 12.1 Å². The molecule has 1 aliphatic rings. The molecule has 66 valence electrons. The van der Waals surface area contributed by atoms with Crippen molar-refractivity contribution >= 4 is 11.8 Å². The average Bonchev–Trinajstić information content (AvgIpc) is 2.71. The maximum atomic E-state index is 8.62. The molecule has 1 N–H and O–H groups in total. The summed E-state index contributed by atoms with van der Waals surface area (Å²) in [7, 11) is 0. The number of thioether (sulfide) groups is 1. The number of nitrogens with one attached hydrogen (secondary N) is 1. The zero-order valence-electron chi connectivity index (χ0n) is 7.16. The number of hydrogen-bond acceptors (Lipinski definition) is 3. The monoisotopic (exact) mass is 190 g/mol. The SMILES string of the molecule is N#Cc1ccc(C2NCCS2)cc1. The van der Waals surface area contributed by atoms with E-state index in [4.69, 9.17) is 5.26 Å². The second-order valence-electron chi connectivity index (χ2n) is 2.94. The first kappa shape index (κ1) is 8.61. The molecule has 2 nitrogen and oxygen atoms in total. The van der Waals surface area contributed by atoms with Gasteiger partial charge in [0.1, 0.15) is 0 Å². The normalized spacial score (nSPS) is 21.3. The topological polar surface area (TPSA) is 35.8 Å². The summed E-state index contributed by atoms with van der Waals surface area (Å²) >= 11 is 1.91. The highest BCUT2D eigenvalue weighted by molar-refractivity contribution is 7.99. The van der Waals surface area contributed by atoms with E-state index in [0.29, 0.717) is 5.37 Å². The summed E-state index contributed by atoms with van der Waals surface area (Å²) in [6.07, 6.45) is 0. The fourth-order valence-electron chi connectivity index (χ4n) is 1.37. The summed E-state index contributed by atoms with van der Waals surface area (Å²) in [5, 5.41) is 12.4. The predicted octanol–water partition coefficient (Wildman–Crippen LogP) is 1.89. The lowest BCUT2D eigenvalue weighted by Gasteiger charge is -2.08. The van der Waals surface area contributed by atoms with E-state index in [1.165, 1.54) is 11.3 Å². The first-order chi connectivity index (χ1) is 6.40. The van der Waals surface area contributed by atoms with Gasteiger partial charge in [-0.3, -0.25) is 0 Å². The highest BCUT2D eigenvalue weighted by Crippen LogP contribution is 2.29. The van der Waals surface area contributed by atoms with Crippen LogP contribution in [0.3, 0.4) is 0 Å². The molecule has 1 heterocycles.